The summed E-state index contributed by atoms with van der Waals surface area (Å²) in [5.74, 6) is 0. The molecule has 1 aliphatic heterocycles. The first kappa shape index (κ1) is 15.1. The van der Waals surface area contributed by atoms with Crippen molar-refractivity contribution in [3.05, 3.63) is 36.3 Å². The van der Waals surface area contributed by atoms with Gasteiger partial charge in [0.2, 0.25) is 0 Å². The summed E-state index contributed by atoms with van der Waals surface area (Å²) in [6.07, 6.45) is 5.52. The van der Waals surface area contributed by atoms with E-state index in [0.29, 0.717) is 6.04 Å². The molecule has 0 aromatic carbocycles. The van der Waals surface area contributed by atoms with E-state index < -0.39 is 0 Å². The second kappa shape index (κ2) is 7.49. The zero-order chi connectivity index (χ0) is 15.2. The molecule has 2 aromatic heterocycles. The Morgan fingerprint density at radius 2 is 2.23 bits per heavy atom. The van der Waals surface area contributed by atoms with E-state index in [1.807, 2.05) is 24.5 Å². The summed E-state index contributed by atoms with van der Waals surface area (Å²) in [5.41, 5.74) is 3.28. The lowest BCUT2D eigenvalue weighted by atomic mass is 10.1. The predicted molar refractivity (Wildman–Crippen MR) is 85.4 cm³/mol. The molecule has 2 N–H and O–H groups in total. The van der Waals surface area contributed by atoms with Crippen molar-refractivity contribution in [2.75, 3.05) is 32.8 Å². The molecule has 1 aliphatic rings. The van der Waals surface area contributed by atoms with Gasteiger partial charge in [-0.1, -0.05) is 0 Å². The third-order valence-corrected chi connectivity index (χ3v) is 4.09. The lowest BCUT2D eigenvalue weighted by Gasteiger charge is -2.32. The lowest BCUT2D eigenvalue weighted by molar-refractivity contribution is 0.0203. The molecule has 0 radical (unpaired) electrons. The molecule has 0 bridgehead atoms. The number of morpholine rings is 1. The lowest BCUT2D eigenvalue weighted by Crippen LogP contribution is -2.46. The minimum atomic E-state index is 0.512. The van der Waals surface area contributed by atoms with Gasteiger partial charge >= 0.3 is 0 Å². The minimum Gasteiger partial charge on any atom is -0.379 e. The highest BCUT2D eigenvalue weighted by atomic mass is 16.5. The number of aromatic nitrogens is 3. The molecule has 1 unspecified atom stereocenters. The SMILES string of the molecule is CC(CNCc1cn[nH]c1-c1cccnc1)N1CCOCC1. The maximum Gasteiger partial charge on any atom is 0.0710 e. The first-order valence-electron chi connectivity index (χ1n) is 7.80. The first-order chi connectivity index (χ1) is 10.8. The van der Waals surface area contributed by atoms with Crippen LogP contribution >= 0.6 is 0 Å². The van der Waals surface area contributed by atoms with E-state index in [0.717, 1.165) is 50.7 Å². The Morgan fingerprint density at radius 3 is 3.00 bits per heavy atom. The molecule has 3 heterocycles. The van der Waals surface area contributed by atoms with Gasteiger partial charge in [-0.25, -0.2) is 0 Å². The van der Waals surface area contributed by atoms with Crippen LogP contribution < -0.4 is 5.32 Å². The van der Waals surface area contributed by atoms with Crippen molar-refractivity contribution >= 4 is 0 Å². The van der Waals surface area contributed by atoms with Crippen LogP contribution in [-0.4, -0.2) is 59.0 Å². The van der Waals surface area contributed by atoms with Gasteiger partial charge in [0, 0.05) is 55.7 Å². The van der Waals surface area contributed by atoms with Gasteiger partial charge in [-0.05, 0) is 19.1 Å². The second-order valence-corrected chi connectivity index (χ2v) is 5.64. The molecule has 0 spiro atoms. The number of hydrogen-bond acceptors (Lipinski definition) is 5. The van der Waals surface area contributed by atoms with Crippen molar-refractivity contribution in [2.45, 2.75) is 19.5 Å². The summed E-state index contributed by atoms with van der Waals surface area (Å²) in [6, 6.07) is 4.49. The molecule has 1 saturated heterocycles. The van der Waals surface area contributed by atoms with E-state index in [1.165, 1.54) is 5.56 Å². The largest absolute Gasteiger partial charge is 0.379 e. The number of ether oxygens (including phenoxy) is 1. The number of pyridine rings is 1. The van der Waals surface area contributed by atoms with Crippen molar-refractivity contribution in [1.29, 1.82) is 0 Å². The number of nitrogens with zero attached hydrogens (tertiary/aromatic N) is 3. The Bertz CT molecular complexity index is 565. The Balaban J connectivity index is 1.53. The third-order valence-electron chi connectivity index (χ3n) is 4.09. The molecular weight excluding hydrogens is 278 g/mol. The Labute approximate surface area is 130 Å². The highest BCUT2D eigenvalue weighted by Crippen LogP contribution is 2.19. The van der Waals surface area contributed by atoms with Crippen LogP contribution in [0.4, 0.5) is 0 Å². The molecular formula is C16H23N5O. The van der Waals surface area contributed by atoms with Crippen molar-refractivity contribution in [2.24, 2.45) is 0 Å². The highest BCUT2D eigenvalue weighted by molar-refractivity contribution is 5.61. The van der Waals surface area contributed by atoms with Crippen LogP contribution in [0, 0.1) is 0 Å². The highest BCUT2D eigenvalue weighted by Gasteiger charge is 2.16. The van der Waals surface area contributed by atoms with Gasteiger partial charge in [-0.15, -0.1) is 0 Å². The summed E-state index contributed by atoms with van der Waals surface area (Å²) in [7, 11) is 0. The number of hydrogen-bond donors (Lipinski definition) is 2. The van der Waals surface area contributed by atoms with E-state index in [4.69, 9.17) is 4.74 Å². The molecule has 118 valence electrons. The van der Waals surface area contributed by atoms with Crippen LogP contribution in [0.25, 0.3) is 11.3 Å². The number of nitrogens with one attached hydrogen (secondary N) is 2. The fourth-order valence-electron chi connectivity index (χ4n) is 2.77. The molecule has 6 heteroatoms. The van der Waals surface area contributed by atoms with Gasteiger partial charge in [0.15, 0.2) is 0 Å². The van der Waals surface area contributed by atoms with Gasteiger partial charge in [0.05, 0.1) is 25.1 Å². The summed E-state index contributed by atoms with van der Waals surface area (Å²) in [5, 5.41) is 10.8. The van der Waals surface area contributed by atoms with Crippen LogP contribution in [-0.2, 0) is 11.3 Å². The number of H-pyrrole nitrogens is 1. The Hall–Kier alpha value is -1.76. The summed E-state index contributed by atoms with van der Waals surface area (Å²) in [4.78, 5) is 6.63. The van der Waals surface area contributed by atoms with Crippen LogP contribution in [0.15, 0.2) is 30.7 Å². The fraction of sp³-hybridized carbons (Fsp3) is 0.500. The van der Waals surface area contributed by atoms with Crippen molar-refractivity contribution in [3.8, 4) is 11.3 Å². The van der Waals surface area contributed by atoms with Gasteiger partial charge < -0.3 is 10.1 Å². The maximum absolute atomic E-state index is 5.40. The van der Waals surface area contributed by atoms with Crippen LogP contribution in [0.1, 0.15) is 12.5 Å². The fourth-order valence-corrected chi connectivity index (χ4v) is 2.77. The number of aromatic amines is 1. The topological polar surface area (TPSA) is 66.1 Å². The minimum absolute atomic E-state index is 0.512. The molecule has 0 amide bonds. The van der Waals surface area contributed by atoms with Crippen molar-refractivity contribution in [1.82, 2.24) is 25.4 Å². The zero-order valence-electron chi connectivity index (χ0n) is 13.0. The van der Waals surface area contributed by atoms with E-state index >= 15 is 0 Å². The molecule has 22 heavy (non-hydrogen) atoms. The summed E-state index contributed by atoms with van der Waals surface area (Å²) >= 11 is 0. The average molecular weight is 301 g/mol. The van der Waals surface area contributed by atoms with Crippen molar-refractivity contribution < 1.29 is 4.74 Å². The molecule has 0 aliphatic carbocycles. The molecule has 3 rings (SSSR count). The third kappa shape index (κ3) is 3.71. The zero-order valence-corrected chi connectivity index (χ0v) is 13.0. The van der Waals surface area contributed by atoms with E-state index in [9.17, 15) is 0 Å². The quantitative estimate of drug-likeness (QED) is 0.841. The first-order valence-corrected chi connectivity index (χ1v) is 7.80. The van der Waals surface area contributed by atoms with Gasteiger partial charge in [0.25, 0.3) is 0 Å². The summed E-state index contributed by atoms with van der Waals surface area (Å²) < 4.78 is 5.40. The maximum atomic E-state index is 5.40. The Kier molecular flexibility index (Phi) is 5.15. The Morgan fingerprint density at radius 1 is 1.36 bits per heavy atom. The number of rotatable bonds is 6. The van der Waals surface area contributed by atoms with Gasteiger partial charge in [-0.2, -0.15) is 5.10 Å². The van der Waals surface area contributed by atoms with Crippen LogP contribution in [0.5, 0.6) is 0 Å². The normalized spacial score (nSPS) is 17.5. The van der Waals surface area contributed by atoms with Crippen LogP contribution in [0.2, 0.25) is 0 Å². The van der Waals surface area contributed by atoms with Gasteiger partial charge in [-0.3, -0.25) is 15.0 Å². The van der Waals surface area contributed by atoms with Gasteiger partial charge in [0.1, 0.15) is 0 Å². The predicted octanol–water partition coefficient (Wildman–Crippen LogP) is 1.28. The van der Waals surface area contributed by atoms with E-state index in [1.54, 1.807) is 6.20 Å². The average Bonchev–Trinajstić information content (AvgIpc) is 3.05. The molecule has 1 fully saturated rings. The molecule has 6 nitrogen and oxygen atoms in total. The van der Waals surface area contributed by atoms with Crippen LogP contribution in [0.3, 0.4) is 0 Å². The second-order valence-electron chi connectivity index (χ2n) is 5.64. The smallest absolute Gasteiger partial charge is 0.0710 e. The van der Waals surface area contributed by atoms with Crippen molar-refractivity contribution in [3.63, 3.8) is 0 Å². The molecule has 0 saturated carbocycles. The monoisotopic (exact) mass is 301 g/mol. The standard InChI is InChI=1S/C16H23N5O/c1-13(21-5-7-22-8-6-21)9-18-11-15-12-19-20-16(15)14-3-2-4-17-10-14/h2-4,10,12-13,18H,5-9,11H2,1H3,(H,19,20). The molecule has 1 atom stereocenters. The molecule has 2 aromatic rings. The summed E-state index contributed by atoms with van der Waals surface area (Å²) in [6.45, 7) is 7.75. The van der Waals surface area contributed by atoms with E-state index in [-0.39, 0.29) is 0 Å². The van der Waals surface area contributed by atoms with E-state index in [2.05, 4.69) is 32.3 Å².